The van der Waals surface area contributed by atoms with E-state index in [9.17, 15) is 4.79 Å². The van der Waals surface area contributed by atoms with Crippen LogP contribution in [0.2, 0.25) is 0 Å². The van der Waals surface area contributed by atoms with E-state index in [1.54, 1.807) is 4.90 Å². The van der Waals surface area contributed by atoms with Gasteiger partial charge in [0.2, 0.25) is 0 Å². The van der Waals surface area contributed by atoms with E-state index in [1.165, 1.54) is 0 Å². The van der Waals surface area contributed by atoms with Gasteiger partial charge in [0, 0.05) is 32.7 Å². The summed E-state index contributed by atoms with van der Waals surface area (Å²) >= 11 is 0. The van der Waals surface area contributed by atoms with Crippen LogP contribution < -0.4 is 5.32 Å². The van der Waals surface area contributed by atoms with Crippen LogP contribution in [-0.4, -0.2) is 68.3 Å². The predicted octanol–water partition coefficient (Wildman–Crippen LogP) is -0.268. The lowest BCUT2D eigenvalue weighted by atomic mass is 10.3. The van der Waals surface area contributed by atoms with E-state index in [0.717, 1.165) is 45.7 Å². The van der Waals surface area contributed by atoms with Crippen LogP contribution in [0.1, 0.15) is 6.42 Å². The van der Waals surface area contributed by atoms with Gasteiger partial charge in [-0.2, -0.15) is 0 Å². The van der Waals surface area contributed by atoms with Crippen LogP contribution in [0.5, 0.6) is 0 Å². The number of piperazine rings is 1. The van der Waals surface area contributed by atoms with E-state index in [-0.39, 0.29) is 12.2 Å². The second-order valence-electron chi connectivity index (χ2n) is 4.29. The molecule has 1 atom stereocenters. The zero-order valence-corrected chi connectivity index (χ0v) is 9.24. The number of nitrogens with zero attached hydrogens (tertiary/aromatic N) is 2. The molecule has 0 radical (unpaired) electrons. The lowest BCUT2D eigenvalue weighted by molar-refractivity contribution is 0.0559. The summed E-state index contributed by atoms with van der Waals surface area (Å²) in [7, 11) is 2.07. The summed E-state index contributed by atoms with van der Waals surface area (Å²) in [5.74, 6) is 0. The Balaban J connectivity index is 1.75. The van der Waals surface area contributed by atoms with Gasteiger partial charge in [-0.25, -0.2) is 4.79 Å². The topological polar surface area (TPSA) is 44.8 Å². The molecule has 2 saturated heterocycles. The number of carbonyl (C=O) groups excluding carboxylic acids is 1. The first kappa shape index (κ1) is 10.7. The van der Waals surface area contributed by atoms with Crippen molar-refractivity contribution in [2.75, 3.05) is 46.3 Å². The molecule has 2 heterocycles. The molecule has 0 aromatic carbocycles. The van der Waals surface area contributed by atoms with Crippen LogP contribution in [0.25, 0.3) is 0 Å². The van der Waals surface area contributed by atoms with Gasteiger partial charge in [-0.05, 0) is 20.0 Å². The highest BCUT2D eigenvalue weighted by atomic mass is 16.6. The Labute approximate surface area is 90.4 Å². The van der Waals surface area contributed by atoms with E-state index in [0.29, 0.717) is 0 Å². The second kappa shape index (κ2) is 4.81. The molecule has 0 aromatic rings. The van der Waals surface area contributed by atoms with Gasteiger partial charge in [0.1, 0.15) is 6.10 Å². The molecule has 15 heavy (non-hydrogen) atoms. The molecule has 0 unspecified atom stereocenters. The molecule has 0 saturated carbocycles. The van der Waals surface area contributed by atoms with Gasteiger partial charge in [0.05, 0.1) is 0 Å². The Bertz CT molecular complexity index is 221. The largest absolute Gasteiger partial charge is 0.445 e. The monoisotopic (exact) mass is 213 g/mol. The zero-order chi connectivity index (χ0) is 10.7. The molecule has 0 aliphatic carbocycles. The van der Waals surface area contributed by atoms with Crippen LogP contribution in [0, 0.1) is 0 Å². The van der Waals surface area contributed by atoms with Crippen molar-refractivity contribution in [1.82, 2.24) is 15.1 Å². The summed E-state index contributed by atoms with van der Waals surface area (Å²) in [6.45, 7) is 5.22. The van der Waals surface area contributed by atoms with Gasteiger partial charge in [-0.15, -0.1) is 0 Å². The number of amides is 1. The number of ether oxygens (including phenoxy) is 1. The average molecular weight is 213 g/mol. The van der Waals surface area contributed by atoms with E-state index < -0.39 is 0 Å². The summed E-state index contributed by atoms with van der Waals surface area (Å²) in [6.07, 6.45) is 0.883. The zero-order valence-electron chi connectivity index (χ0n) is 9.24. The molecule has 1 amide bonds. The molecule has 1 N–H and O–H groups in total. The van der Waals surface area contributed by atoms with Gasteiger partial charge < -0.3 is 19.9 Å². The molecule has 0 aromatic heterocycles. The summed E-state index contributed by atoms with van der Waals surface area (Å²) < 4.78 is 5.39. The number of hydrogen-bond donors (Lipinski definition) is 1. The average Bonchev–Trinajstić information content (AvgIpc) is 2.71. The fraction of sp³-hybridized carbons (Fsp3) is 0.900. The van der Waals surface area contributed by atoms with Crippen LogP contribution in [0.15, 0.2) is 0 Å². The third kappa shape index (κ3) is 2.82. The first-order valence-electron chi connectivity index (χ1n) is 5.60. The molecule has 86 valence electrons. The third-order valence-corrected chi connectivity index (χ3v) is 3.04. The van der Waals surface area contributed by atoms with E-state index in [1.807, 2.05) is 0 Å². The van der Waals surface area contributed by atoms with Gasteiger partial charge in [-0.3, -0.25) is 0 Å². The molecule has 5 nitrogen and oxygen atoms in total. The first-order valence-corrected chi connectivity index (χ1v) is 5.60. The first-order chi connectivity index (χ1) is 7.25. The Morgan fingerprint density at radius 2 is 2.07 bits per heavy atom. The molecule has 2 rings (SSSR count). The summed E-state index contributed by atoms with van der Waals surface area (Å²) in [6, 6.07) is 0. The van der Waals surface area contributed by atoms with Crippen molar-refractivity contribution in [2.45, 2.75) is 12.5 Å². The molecule has 0 bridgehead atoms. The van der Waals surface area contributed by atoms with Crippen LogP contribution in [-0.2, 0) is 4.74 Å². The number of carbonyl (C=O) groups is 1. The Kier molecular flexibility index (Phi) is 3.43. The maximum atomic E-state index is 11.7. The minimum absolute atomic E-state index is 0.0807. The van der Waals surface area contributed by atoms with Crippen molar-refractivity contribution in [2.24, 2.45) is 0 Å². The van der Waals surface area contributed by atoms with Crippen LogP contribution in [0.3, 0.4) is 0 Å². The maximum absolute atomic E-state index is 11.7. The van der Waals surface area contributed by atoms with Crippen molar-refractivity contribution in [3.8, 4) is 0 Å². The van der Waals surface area contributed by atoms with Gasteiger partial charge in [-0.1, -0.05) is 0 Å². The van der Waals surface area contributed by atoms with E-state index in [2.05, 4.69) is 17.3 Å². The fourth-order valence-corrected chi connectivity index (χ4v) is 1.93. The van der Waals surface area contributed by atoms with Gasteiger partial charge in [0.25, 0.3) is 0 Å². The minimum Gasteiger partial charge on any atom is -0.445 e. The standard InChI is InChI=1S/C10H19N3O2/c1-12-4-6-13(7-5-12)10(14)15-9-2-3-11-8-9/h9,11H,2-8H2,1H3/t9-/m0/s1. The number of hydrogen-bond acceptors (Lipinski definition) is 4. The molecule has 2 aliphatic rings. The molecular formula is C10H19N3O2. The predicted molar refractivity (Wildman–Crippen MR) is 56.8 cm³/mol. The Morgan fingerprint density at radius 1 is 1.33 bits per heavy atom. The maximum Gasteiger partial charge on any atom is 0.410 e. The number of rotatable bonds is 1. The number of nitrogens with one attached hydrogen (secondary N) is 1. The van der Waals surface area contributed by atoms with Gasteiger partial charge in [0.15, 0.2) is 0 Å². The molecule has 0 spiro atoms. The highest BCUT2D eigenvalue weighted by Gasteiger charge is 2.24. The van der Waals surface area contributed by atoms with Crippen molar-refractivity contribution >= 4 is 6.09 Å². The fourth-order valence-electron chi connectivity index (χ4n) is 1.93. The molecule has 2 aliphatic heterocycles. The van der Waals surface area contributed by atoms with Crippen molar-refractivity contribution < 1.29 is 9.53 Å². The molecular weight excluding hydrogens is 194 g/mol. The lowest BCUT2D eigenvalue weighted by Gasteiger charge is -2.32. The second-order valence-corrected chi connectivity index (χ2v) is 4.29. The highest BCUT2D eigenvalue weighted by molar-refractivity contribution is 5.68. The lowest BCUT2D eigenvalue weighted by Crippen LogP contribution is -2.48. The van der Waals surface area contributed by atoms with E-state index >= 15 is 0 Å². The van der Waals surface area contributed by atoms with Crippen molar-refractivity contribution in [3.05, 3.63) is 0 Å². The van der Waals surface area contributed by atoms with Crippen molar-refractivity contribution in [1.29, 1.82) is 0 Å². The Hall–Kier alpha value is -0.810. The summed E-state index contributed by atoms with van der Waals surface area (Å²) in [5, 5.41) is 3.18. The van der Waals surface area contributed by atoms with Crippen molar-refractivity contribution in [3.63, 3.8) is 0 Å². The van der Waals surface area contributed by atoms with Crippen LogP contribution >= 0.6 is 0 Å². The highest BCUT2D eigenvalue weighted by Crippen LogP contribution is 2.08. The smallest absolute Gasteiger partial charge is 0.410 e. The van der Waals surface area contributed by atoms with Gasteiger partial charge >= 0.3 is 6.09 Å². The SMILES string of the molecule is CN1CCN(C(=O)O[C@H]2CCNC2)CC1. The quantitative estimate of drug-likeness (QED) is 0.651. The summed E-state index contributed by atoms with van der Waals surface area (Å²) in [5.41, 5.74) is 0. The minimum atomic E-state index is -0.142. The molecule has 5 heteroatoms. The van der Waals surface area contributed by atoms with E-state index in [4.69, 9.17) is 4.74 Å². The molecule has 2 fully saturated rings. The Morgan fingerprint density at radius 3 is 2.67 bits per heavy atom. The normalized spacial score (nSPS) is 28.1. The summed E-state index contributed by atoms with van der Waals surface area (Å²) in [4.78, 5) is 15.7. The number of likely N-dealkylation sites (N-methyl/N-ethyl adjacent to an activating group) is 1. The third-order valence-electron chi connectivity index (χ3n) is 3.04. The van der Waals surface area contributed by atoms with Crippen LogP contribution in [0.4, 0.5) is 4.79 Å².